The number of hydrogen-bond acceptors (Lipinski definition) is 10. The van der Waals surface area contributed by atoms with Gasteiger partial charge in [-0.25, -0.2) is 4.79 Å². The summed E-state index contributed by atoms with van der Waals surface area (Å²) in [6, 6.07) is 5.59. The maximum Gasteiger partial charge on any atom is 0.331 e. The van der Waals surface area contributed by atoms with Crippen molar-refractivity contribution in [1.29, 1.82) is 0 Å². The largest absolute Gasteiger partial charge is 0.491 e. The highest BCUT2D eigenvalue weighted by Crippen LogP contribution is 2.30. The van der Waals surface area contributed by atoms with E-state index in [0.29, 0.717) is 71.0 Å². The molecule has 1 aromatic rings. The van der Waals surface area contributed by atoms with Crippen molar-refractivity contribution >= 4 is 30.4 Å². The minimum Gasteiger partial charge on any atom is -0.491 e. The molecule has 50 heavy (non-hydrogen) atoms. The molecule has 0 aliphatic heterocycles. The van der Waals surface area contributed by atoms with Crippen LogP contribution in [0.25, 0.3) is 0 Å². The summed E-state index contributed by atoms with van der Waals surface area (Å²) in [4.78, 5) is 40.8. The van der Waals surface area contributed by atoms with Crippen molar-refractivity contribution in [3.05, 3.63) is 41.5 Å². The second kappa shape index (κ2) is 23.0. The van der Waals surface area contributed by atoms with Crippen LogP contribution >= 0.6 is 12.6 Å². The molecular formula is C37H63N3O9S. The van der Waals surface area contributed by atoms with Gasteiger partial charge in [0.15, 0.2) is 0 Å². The lowest BCUT2D eigenvalue weighted by Crippen LogP contribution is -2.61. The van der Waals surface area contributed by atoms with Crippen molar-refractivity contribution in [2.24, 2.45) is 11.3 Å². The normalized spacial score (nSPS) is 14.3. The van der Waals surface area contributed by atoms with Crippen LogP contribution in [0.5, 0.6) is 5.75 Å². The van der Waals surface area contributed by atoms with Crippen LogP contribution in [0.2, 0.25) is 0 Å². The van der Waals surface area contributed by atoms with E-state index in [2.05, 4.69) is 23.3 Å². The number of likely N-dealkylation sites (N-methyl/N-ethyl adjacent to an activating group) is 2. The SMILES string of the molecule is CNC(C(=O)NC(C(=O)N(C)C(/C=C(\C)C(=O)O)C(C)C)C(C)(C)C)C(C)(C)c1ccc(OCCOCCOCCOCCOCCS)cc1. The summed E-state index contributed by atoms with van der Waals surface area (Å²) in [6.45, 7) is 19.4. The molecule has 3 N–H and O–H groups in total. The maximum absolute atomic E-state index is 13.9. The molecule has 0 fully saturated rings. The molecule has 12 nitrogen and oxygen atoms in total. The van der Waals surface area contributed by atoms with E-state index in [1.165, 1.54) is 11.8 Å². The smallest absolute Gasteiger partial charge is 0.331 e. The van der Waals surface area contributed by atoms with Gasteiger partial charge in [0.25, 0.3) is 0 Å². The van der Waals surface area contributed by atoms with Gasteiger partial charge in [-0.2, -0.15) is 12.6 Å². The minimum absolute atomic E-state index is 0.0480. The van der Waals surface area contributed by atoms with E-state index < -0.39 is 34.9 Å². The van der Waals surface area contributed by atoms with Crippen LogP contribution in [-0.2, 0) is 38.7 Å². The zero-order valence-electron chi connectivity index (χ0n) is 31.9. The third-order valence-corrected chi connectivity index (χ3v) is 8.54. The number of ether oxygens (including phenoxy) is 5. The summed E-state index contributed by atoms with van der Waals surface area (Å²) in [6.07, 6.45) is 1.59. The highest BCUT2D eigenvalue weighted by atomic mass is 32.1. The molecule has 0 radical (unpaired) electrons. The monoisotopic (exact) mass is 725 g/mol. The van der Waals surface area contributed by atoms with Gasteiger partial charge in [-0.3, -0.25) is 9.59 Å². The number of nitrogens with one attached hydrogen (secondary N) is 2. The molecule has 3 unspecified atom stereocenters. The number of benzene rings is 1. The molecule has 0 spiro atoms. The Bertz CT molecular complexity index is 1190. The lowest BCUT2D eigenvalue weighted by atomic mass is 9.76. The number of carbonyl (C=O) groups excluding carboxylic acids is 2. The molecule has 0 saturated carbocycles. The van der Waals surface area contributed by atoms with Crippen molar-refractivity contribution in [2.75, 3.05) is 79.3 Å². The van der Waals surface area contributed by atoms with Crippen LogP contribution in [0.15, 0.2) is 35.9 Å². The first-order valence-electron chi connectivity index (χ1n) is 17.3. The number of thiol groups is 1. The fraction of sp³-hybridized carbons (Fsp3) is 0.703. The van der Waals surface area contributed by atoms with E-state index in [1.807, 2.05) is 72.7 Å². The highest BCUT2D eigenvalue weighted by molar-refractivity contribution is 7.80. The average Bonchev–Trinajstić information content (AvgIpc) is 3.05. The Morgan fingerprint density at radius 1 is 0.840 bits per heavy atom. The van der Waals surface area contributed by atoms with Crippen LogP contribution in [0, 0.1) is 11.3 Å². The number of carboxylic acids is 1. The van der Waals surface area contributed by atoms with E-state index in [4.69, 9.17) is 23.7 Å². The molecule has 286 valence electrons. The molecule has 0 heterocycles. The Labute approximate surface area is 305 Å². The van der Waals surface area contributed by atoms with Crippen LogP contribution in [0.3, 0.4) is 0 Å². The van der Waals surface area contributed by atoms with Gasteiger partial charge in [-0.05, 0) is 43.0 Å². The molecule has 13 heteroatoms. The number of nitrogens with zero attached hydrogens (tertiary/aromatic N) is 1. The van der Waals surface area contributed by atoms with E-state index in [1.54, 1.807) is 20.2 Å². The minimum atomic E-state index is -1.04. The molecule has 1 aromatic carbocycles. The van der Waals surface area contributed by atoms with Crippen molar-refractivity contribution in [3.8, 4) is 5.75 Å². The summed E-state index contributed by atoms with van der Waals surface area (Å²) in [5, 5.41) is 15.6. The van der Waals surface area contributed by atoms with Crippen LogP contribution in [0.4, 0.5) is 0 Å². The van der Waals surface area contributed by atoms with Gasteiger partial charge in [-0.15, -0.1) is 0 Å². The Balaban J connectivity index is 2.75. The van der Waals surface area contributed by atoms with Crippen molar-refractivity contribution < 1.29 is 43.2 Å². The topological polar surface area (TPSA) is 145 Å². The number of aliphatic carboxylic acids is 1. The predicted octanol–water partition coefficient (Wildman–Crippen LogP) is 3.97. The molecule has 0 bridgehead atoms. The summed E-state index contributed by atoms with van der Waals surface area (Å²) in [5.74, 6) is -0.326. The second-order valence-electron chi connectivity index (χ2n) is 14.1. The Kier molecular flexibility index (Phi) is 20.9. The van der Waals surface area contributed by atoms with Gasteiger partial charge in [0.1, 0.15) is 18.4 Å². The van der Waals surface area contributed by atoms with Gasteiger partial charge in [0.2, 0.25) is 11.8 Å². The number of carbonyl (C=O) groups is 3. The van der Waals surface area contributed by atoms with Gasteiger partial charge in [0, 0.05) is 23.8 Å². The first-order valence-corrected chi connectivity index (χ1v) is 17.9. The number of hydrogen-bond donors (Lipinski definition) is 4. The molecule has 1 rings (SSSR count). The van der Waals surface area contributed by atoms with E-state index in [-0.39, 0.29) is 23.3 Å². The predicted molar refractivity (Wildman–Crippen MR) is 199 cm³/mol. The third kappa shape index (κ3) is 15.7. The van der Waals surface area contributed by atoms with Gasteiger partial charge in [0.05, 0.1) is 64.9 Å². The van der Waals surface area contributed by atoms with Gasteiger partial charge in [-0.1, -0.05) is 66.7 Å². The maximum atomic E-state index is 13.9. The van der Waals surface area contributed by atoms with Crippen molar-refractivity contribution in [2.45, 2.75) is 78.9 Å². The molecule has 0 saturated heterocycles. The quantitative estimate of drug-likeness (QED) is 0.0664. The third-order valence-electron chi connectivity index (χ3n) is 8.35. The summed E-state index contributed by atoms with van der Waals surface area (Å²) in [5.41, 5.74) is -0.220. The zero-order chi connectivity index (χ0) is 37.9. The van der Waals surface area contributed by atoms with Gasteiger partial charge >= 0.3 is 5.97 Å². The summed E-state index contributed by atoms with van der Waals surface area (Å²) in [7, 11) is 3.37. The van der Waals surface area contributed by atoms with Crippen LogP contribution in [0.1, 0.15) is 61.0 Å². The molecular weight excluding hydrogens is 662 g/mol. The first-order chi connectivity index (χ1) is 23.5. The lowest BCUT2D eigenvalue weighted by Gasteiger charge is -2.40. The van der Waals surface area contributed by atoms with E-state index in [9.17, 15) is 19.5 Å². The fourth-order valence-electron chi connectivity index (χ4n) is 5.32. The van der Waals surface area contributed by atoms with E-state index in [0.717, 1.165) is 5.56 Å². The van der Waals surface area contributed by atoms with Gasteiger partial charge < -0.3 is 44.3 Å². The highest BCUT2D eigenvalue weighted by Gasteiger charge is 2.41. The fourth-order valence-corrected chi connectivity index (χ4v) is 5.44. The number of amides is 2. The molecule has 0 aromatic heterocycles. The first kappa shape index (κ1) is 45.3. The molecule has 0 aliphatic carbocycles. The average molecular weight is 726 g/mol. The summed E-state index contributed by atoms with van der Waals surface area (Å²) >= 11 is 4.08. The second-order valence-corrected chi connectivity index (χ2v) is 14.6. The Morgan fingerprint density at radius 3 is 1.74 bits per heavy atom. The summed E-state index contributed by atoms with van der Waals surface area (Å²) < 4.78 is 27.6. The van der Waals surface area contributed by atoms with Crippen LogP contribution < -0.4 is 15.4 Å². The molecule has 2 amide bonds. The Morgan fingerprint density at radius 2 is 1.32 bits per heavy atom. The molecule has 0 aliphatic rings. The standard InChI is InChI=1S/C37H63N3O9S/c1-26(2)30(25-27(3)35(43)44)40(10)34(42)32(36(4,5)6)39-33(41)31(38-9)37(7,8)28-11-13-29(14-12-28)49-22-21-47-18-17-45-15-16-46-19-20-48-23-24-50/h11-14,25-26,30-32,38,50H,15-24H2,1-10H3,(H,39,41)(H,43,44)/b27-25+. The molecule has 3 atom stereocenters. The van der Waals surface area contributed by atoms with Crippen molar-refractivity contribution in [3.63, 3.8) is 0 Å². The van der Waals surface area contributed by atoms with E-state index >= 15 is 0 Å². The zero-order valence-corrected chi connectivity index (χ0v) is 32.8. The lowest BCUT2D eigenvalue weighted by molar-refractivity contribution is -0.141. The number of carboxylic acid groups (broad SMARTS) is 1. The number of rotatable bonds is 25. The van der Waals surface area contributed by atoms with Crippen LogP contribution in [-0.4, -0.2) is 125 Å². The Hall–Kier alpha value is -2.68. The van der Waals surface area contributed by atoms with Crippen molar-refractivity contribution in [1.82, 2.24) is 15.5 Å².